The second kappa shape index (κ2) is 3.95. The molecule has 1 aliphatic heterocycles. The van der Waals surface area contributed by atoms with Crippen molar-refractivity contribution in [3.8, 4) is 0 Å². The van der Waals surface area contributed by atoms with E-state index >= 15 is 0 Å². The molecular formula is C10H21NO2. The predicted molar refractivity (Wildman–Crippen MR) is 52.6 cm³/mol. The normalized spacial score (nSPS) is 34.8. The summed E-state index contributed by atoms with van der Waals surface area (Å²) < 4.78 is 0. The van der Waals surface area contributed by atoms with E-state index in [4.69, 9.17) is 5.11 Å². The van der Waals surface area contributed by atoms with Crippen molar-refractivity contribution in [1.82, 2.24) is 4.90 Å². The molecule has 1 rings (SSSR count). The van der Waals surface area contributed by atoms with Crippen molar-refractivity contribution >= 4 is 0 Å². The number of hydrogen-bond donors (Lipinski definition) is 2. The van der Waals surface area contributed by atoms with Crippen molar-refractivity contribution in [2.45, 2.75) is 51.3 Å². The standard InChI is InChI=1S/C10H21NO2/c1-8-6-9(13)7-10(2,3)11(8)4-5-12/h8-9,12-13H,4-7H2,1-3H3. The third-order valence-corrected chi connectivity index (χ3v) is 3.00. The Morgan fingerprint density at radius 1 is 1.46 bits per heavy atom. The van der Waals surface area contributed by atoms with E-state index < -0.39 is 0 Å². The molecule has 0 aromatic carbocycles. The molecule has 2 unspecified atom stereocenters. The van der Waals surface area contributed by atoms with E-state index in [1.165, 1.54) is 0 Å². The number of aliphatic hydroxyl groups excluding tert-OH is 2. The van der Waals surface area contributed by atoms with Crippen LogP contribution in [-0.2, 0) is 0 Å². The van der Waals surface area contributed by atoms with Crippen molar-refractivity contribution < 1.29 is 10.2 Å². The van der Waals surface area contributed by atoms with Gasteiger partial charge in [-0.15, -0.1) is 0 Å². The molecule has 78 valence electrons. The molecule has 0 aliphatic carbocycles. The van der Waals surface area contributed by atoms with Gasteiger partial charge in [-0.1, -0.05) is 0 Å². The molecule has 0 amide bonds. The molecule has 2 N–H and O–H groups in total. The number of nitrogens with zero attached hydrogens (tertiary/aromatic N) is 1. The van der Waals surface area contributed by atoms with Gasteiger partial charge in [-0.05, 0) is 33.6 Å². The van der Waals surface area contributed by atoms with E-state index in [-0.39, 0.29) is 18.2 Å². The quantitative estimate of drug-likeness (QED) is 0.665. The third kappa shape index (κ3) is 2.42. The second-order valence-electron chi connectivity index (χ2n) is 4.67. The Morgan fingerprint density at radius 3 is 2.54 bits per heavy atom. The SMILES string of the molecule is CC1CC(O)CC(C)(C)N1CCO. The van der Waals surface area contributed by atoms with Crippen LogP contribution in [0.4, 0.5) is 0 Å². The number of rotatable bonds is 2. The molecule has 0 spiro atoms. The Hall–Kier alpha value is -0.120. The Bertz CT molecular complexity index is 170. The Morgan fingerprint density at radius 2 is 2.08 bits per heavy atom. The van der Waals surface area contributed by atoms with Gasteiger partial charge in [0.1, 0.15) is 0 Å². The fourth-order valence-corrected chi connectivity index (χ4v) is 2.53. The first-order chi connectivity index (χ1) is 5.97. The monoisotopic (exact) mass is 187 g/mol. The Balaban J connectivity index is 2.67. The van der Waals surface area contributed by atoms with Crippen LogP contribution < -0.4 is 0 Å². The van der Waals surface area contributed by atoms with Gasteiger partial charge < -0.3 is 10.2 Å². The maximum Gasteiger partial charge on any atom is 0.0572 e. The van der Waals surface area contributed by atoms with Crippen molar-refractivity contribution in [2.24, 2.45) is 0 Å². The van der Waals surface area contributed by atoms with Gasteiger partial charge in [0.05, 0.1) is 12.7 Å². The largest absolute Gasteiger partial charge is 0.395 e. The van der Waals surface area contributed by atoms with Gasteiger partial charge in [-0.25, -0.2) is 0 Å². The number of hydrogen-bond acceptors (Lipinski definition) is 3. The summed E-state index contributed by atoms with van der Waals surface area (Å²) in [4.78, 5) is 2.28. The highest BCUT2D eigenvalue weighted by atomic mass is 16.3. The average Bonchev–Trinajstić information content (AvgIpc) is 1.95. The van der Waals surface area contributed by atoms with Crippen molar-refractivity contribution in [3.05, 3.63) is 0 Å². The summed E-state index contributed by atoms with van der Waals surface area (Å²) in [5.74, 6) is 0. The molecule has 0 radical (unpaired) electrons. The molecule has 3 nitrogen and oxygen atoms in total. The van der Waals surface area contributed by atoms with Crippen LogP contribution >= 0.6 is 0 Å². The van der Waals surface area contributed by atoms with Crippen LogP contribution in [0.1, 0.15) is 33.6 Å². The van der Waals surface area contributed by atoms with E-state index in [0.29, 0.717) is 12.6 Å². The molecule has 1 saturated heterocycles. The molecular weight excluding hydrogens is 166 g/mol. The smallest absolute Gasteiger partial charge is 0.0572 e. The van der Waals surface area contributed by atoms with Gasteiger partial charge in [0.15, 0.2) is 0 Å². The highest BCUT2D eigenvalue weighted by molar-refractivity contribution is 4.93. The summed E-state index contributed by atoms with van der Waals surface area (Å²) in [5, 5.41) is 18.5. The summed E-state index contributed by atoms with van der Waals surface area (Å²) in [6, 6.07) is 0.367. The lowest BCUT2D eigenvalue weighted by molar-refractivity contribution is -0.0421. The Labute approximate surface area is 80.4 Å². The molecule has 0 aromatic heterocycles. The van der Waals surface area contributed by atoms with Crippen LogP contribution in [0.2, 0.25) is 0 Å². The molecule has 1 aliphatic rings. The van der Waals surface area contributed by atoms with Crippen molar-refractivity contribution in [1.29, 1.82) is 0 Å². The summed E-state index contributed by atoms with van der Waals surface area (Å²) in [6.07, 6.45) is 1.45. The lowest BCUT2D eigenvalue weighted by Crippen LogP contribution is -2.56. The first kappa shape index (κ1) is 11.0. The van der Waals surface area contributed by atoms with Gasteiger partial charge in [-0.3, -0.25) is 4.90 Å². The van der Waals surface area contributed by atoms with E-state index in [0.717, 1.165) is 12.8 Å². The minimum atomic E-state index is -0.181. The minimum absolute atomic E-state index is 0.0137. The molecule has 0 aromatic rings. The van der Waals surface area contributed by atoms with Gasteiger partial charge >= 0.3 is 0 Å². The van der Waals surface area contributed by atoms with Crippen molar-refractivity contribution in [2.75, 3.05) is 13.2 Å². The van der Waals surface area contributed by atoms with Crippen molar-refractivity contribution in [3.63, 3.8) is 0 Å². The van der Waals surface area contributed by atoms with Crippen LogP contribution in [0.25, 0.3) is 0 Å². The lowest BCUT2D eigenvalue weighted by atomic mass is 9.85. The van der Waals surface area contributed by atoms with E-state index in [1.807, 2.05) is 0 Å². The molecule has 1 fully saturated rings. The minimum Gasteiger partial charge on any atom is -0.395 e. The highest BCUT2D eigenvalue weighted by Gasteiger charge is 2.37. The highest BCUT2D eigenvalue weighted by Crippen LogP contribution is 2.31. The zero-order valence-electron chi connectivity index (χ0n) is 8.82. The predicted octanol–water partition coefficient (Wildman–Crippen LogP) is 0.602. The molecule has 0 bridgehead atoms. The van der Waals surface area contributed by atoms with Gasteiger partial charge in [-0.2, -0.15) is 0 Å². The first-order valence-corrected chi connectivity index (χ1v) is 5.03. The third-order valence-electron chi connectivity index (χ3n) is 3.00. The molecule has 2 atom stereocenters. The van der Waals surface area contributed by atoms with E-state index in [2.05, 4.69) is 25.7 Å². The van der Waals surface area contributed by atoms with Crippen LogP contribution in [0.5, 0.6) is 0 Å². The van der Waals surface area contributed by atoms with Crippen LogP contribution in [-0.4, -0.2) is 45.9 Å². The zero-order valence-corrected chi connectivity index (χ0v) is 8.82. The number of likely N-dealkylation sites (tertiary alicyclic amines) is 1. The second-order valence-corrected chi connectivity index (χ2v) is 4.67. The molecule has 1 heterocycles. The molecule has 13 heavy (non-hydrogen) atoms. The summed E-state index contributed by atoms with van der Waals surface area (Å²) in [7, 11) is 0. The lowest BCUT2D eigenvalue weighted by Gasteiger charge is -2.48. The van der Waals surface area contributed by atoms with Crippen LogP contribution in [0.3, 0.4) is 0 Å². The maximum atomic E-state index is 9.61. The number of aliphatic hydroxyl groups is 2. The van der Waals surface area contributed by atoms with Crippen LogP contribution in [0.15, 0.2) is 0 Å². The Kier molecular flexibility index (Phi) is 3.33. The fourth-order valence-electron chi connectivity index (χ4n) is 2.53. The first-order valence-electron chi connectivity index (χ1n) is 5.03. The van der Waals surface area contributed by atoms with Gasteiger partial charge in [0.2, 0.25) is 0 Å². The fraction of sp³-hybridized carbons (Fsp3) is 1.00. The summed E-state index contributed by atoms with van der Waals surface area (Å²) in [5.41, 5.74) is 0.0137. The van der Waals surface area contributed by atoms with E-state index in [9.17, 15) is 5.11 Å². The summed E-state index contributed by atoms with van der Waals surface area (Å²) in [6.45, 7) is 7.27. The van der Waals surface area contributed by atoms with E-state index in [1.54, 1.807) is 0 Å². The topological polar surface area (TPSA) is 43.7 Å². The van der Waals surface area contributed by atoms with Gasteiger partial charge in [0.25, 0.3) is 0 Å². The molecule has 3 heteroatoms. The number of piperidine rings is 1. The zero-order chi connectivity index (χ0) is 10.1. The maximum absolute atomic E-state index is 9.61. The summed E-state index contributed by atoms with van der Waals surface area (Å²) >= 11 is 0. The number of β-amino-alcohol motifs (C(OH)–C–C–N with tert-alkyl or cyclic N) is 1. The molecule has 0 saturated carbocycles. The average molecular weight is 187 g/mol. The van der Waals surface area contributed by atoms with Gasteiger partial charge in [0, 0.05) is 18.1 Å². The van der Waals surface area contributed by atoms with Crippen LogP contribution in [0, 0.1) is 0 Å².